The molecule has 0 aliphatic heterocycles. The number of halogens is 2. The van der Waals surface area contributed by atoms with E-state index < -0.39 is 0 Å². The van der Waals surface area contributed by atoms with Gasteiger partial charge >= 0.3 is 5.01 Å². The van der Waals surface area contributed by atoms with Crippen LogP contribution in [0, 0.1) is 5.82 Å². The van der Waals surface area contributed by atoms with E-state index in [1.54, 1.807) is 44.2 Å². The molecule has 4 rings (SSSR count). The number of rotatable bonds is 7. The third-order valence-electron chi connectivity index (χ3n) is 4.61. The lowest BCUT2D eigenvalue weighted by molar-refractivity contribution is -0.642. The van der Waals surface area contributed by atoms with Crippen molar-refractivity contribution >= 4 is 22.2 Å². The minimum Gasteiger partial charge on any atom is -1.00 e. The number of para-hydroxylation sites is 1. The van der Waals surface area contributed by atoms with Gasteiger partial charge in [0.1, 0.15) is 17.1 Å². The standard InChI is InChI=1S/C23H21FN3O3S.ClH/c1-28-19-14-21(30-3)20(29-2)13-18(19)22-27(17-11-9-15(24)10-12-17)26-23(31-22)25-16-7-5-4-6-8-16;/h4-14H,1-3H3,(H,25,26);1H/q+1;/p-1. The number of hydrogen-bond donors (Lipinski definition) is 1. The van der Waals surface area contributed by atoms with Crippen molar-refractivity contribution in [3.8, 4) is 33.5 Å². The molecule has 6 nitrogen and oxygen atoms in total. The molecule has 0 fully saturated rings. The van der Waals surface area contributed by atoms with E-state index in [1.807, 2.05) is 36.4 Å². The van der Waals surface area contributed by atoms with Crippen molar-refractivity contribution < 1.29 is 35.7 Å². The van der Waals surface area contributed by atoms with Crippen LogP contribution in [0.1, 0.15) is 0 Å². The van der Waals surface area contributed by atoms with Crippen molar-refractivity contribution in [2.45, 2.75) is 0 Å². The zero-order valence-corrected chi connectivity index (χ0v) is 19.2. The fourth-order valence-corrected chi connectivity index (χ4v) is 4.09. The molecule has 0 amide bonds. The quantitative estimate of drug-likeness (QED) is 0.416. The highest BCUT2D eigenvalue weighted by molar-refractivity contribution is 7.18. The number of nitrogens with one attached hydrogen (secondary N) is 1. The molecule has 0 aliphatic rings. The van der Waals surface area contributed by atoms with E-state index in [0.717, 1.165) is 16.3 Å². The lowest BCUT2D eigenvalue weighted by Gasteiger charge is -2.11. The van der Waals surface area contributed by atoms with E-state index in [4.69, 9.17) is 19.3 Å². The van der Waals surface area contributed by atoms with Crippen LogP contribution in [-0.2, 0) is 0 Å². The van der Waals surface area contributed by atoms with Crippen LogP contribution in [0.4, 0.5) is 15.2 Å². The first-order valence-corrected chi connectivity index (χ1v) is 10.3. The van der Waals surface area contributed by atoms with Crippen molar-refractivity contribution in [3.63, 3.8) is 0 Å². The van der Waals surface area contributed by atoms with Crippen LogP contribution in [-0.4, -0.2) is 26.4 Å². The van der Waals surface area contributed by atoms with Crippen LogP contribution in [0.2, 0.25) is 0 Å². The fourth-order valence-electron chi connectivity index (χ4n) is 3.11. The van der Waals surface area contributed by atoms with E-state index >= 15 is 0 Å². The van der Waals surface area contributed by atoms with Crippen LogP contribution in [0.3, 0.4) is 0 Å². The van der Waals surface area contributed by atoms with Crippen molar-refractivity contribution in [3.05, 3.63) is 72.5 Å². The van der Waals surface area contributed by atoms with Gasteiger partial charge in [-0.3, -0.25) is 0 Å². The zero-order valence-electron chi connectivity index (χ0n) is 17.6. The first-order valence-electron chi connectivity index (χ1n) is 9.44. The predicted octanol–water partition coefficient (Wildman–Crippen LogP) is 2.00. The van der Waals surface area contributed by atoms with Gasteiger partial charge in [0.05, 0.1) is 21.3 Å². The highest BCUT2D eigenvalue weighted by Gasteiger charge is 2.29. The molecule has 0 spiro atoms. The maximum atomic E-state index is 13.5. The smallest absolute Gasteiger partial charge is 0.308 e. The lowest BCUT2D eigenvalue weighted by Crippen LogP contribution is -3.00. The molecule has 0 radical (unpaired) electrons. The second-order valence-corrected chi connectivity index (χ2v) is 7.48. The summed E-state index contributed by atoms with van der Waals surface area (Å²) in [5.41, 5.74) is 2.39. The Labute approximate surface area is 195 Å². The molecule has 4 aromatic rings. The molecule has 1 N–H and O–H groups in total. The molecule has 3 aromatic carbocycles. The molecule has 32 heavy (non-hydrogen) atoms. The Kier molecular flexibility index (Phi) is 7.50. The van der Waals surface area contributed by atoms with Crippen LogP contribution in [0.25, 0.3) is 16.3 Å². The van der Waals surface area contributed by atoms with Crippen molar-refractivity contribution in [2.24, 2.45) is 0 Å². The Bertz CT molecular complexity index is 1190. The molecule has 1 heterocycles. The van der Waals surface area contributed by atoms with E-state index in [1.165, 1.54) is 23.5 Å². The molecule has 0 atom stereocenters. The third-order valence-corrected chi connectivity index (χ3v) is 5.57. The third kappa shape index (κ3) is 4.76. The first-order chi connectivity index (χ1) is 15.1. The van der Waals surface area contributed by atoms with Gasteiger partial charge in [-0.05, 0) is 40.3 Å². The van der Waals surface area contributed by atoms with E-state index in [2.05, 4.69) is 5.32 Å². The Hall–Kier alpha value is -3.36. The van der Waals surface area contributed by atoms with Crippen molar-refractivity contribution in [2.75, 3.05) is 26.6 Å². The normalized spacial score (nSPS) is 10.2. The minimum atomic E-state index is -0.313. The summed E-state index contributed by atoms with van der Waals surface area (Å²) >= 11 is 1.44. The molecule has 0 saturated heterocycles. The summed E-state index contributed by atoms with van der Waals surface area (Å²) in [6.45, 7) is 0. The van der Waals surface area contributed by atoms with E-state index in [-0.39, 0.29) is 18.2 Å². The Morgan fingerprint density at radius 3 is 2.09 bits per heavy atom. The number of nitrogens with zero attached hydrogens (tertiary/aromatic N) is 2. The van der Waals surface area contributed by atoms with Gasteiger partial charge < -0.3 is 31.9 Å². The van der Waals surface area contributed by atoms with Gasteiger partial charge in [-0.15, -0.1) is 0 Å². The molecule has 0 aliphatic carbocycles. The van der Waals surface area contributed by atoms with Crippen molar-refractivity contribution in [1.82, 2.24) is 5.10 Å². The molecule has 0 bridgehead atoms. The van der Waals surface area contributed by atoms with Crippen LogP contribution >= 0.6 is 11.3 Å². The van der Waals surface area contributed by atoms with Gasteiger partial charge in [-0.2, -0.15) is 0 Å². The summed E-state index contributed by atoms with van der Waals surface area (Å²) < 4.78 is 31.8. The van der Waals surface area contributed by atoms with Gasteiger partial charge in [0.15, 0.2) is 11.5 Å². The monoisotopic (exact) mass is 473 g/mol. The molecule has 0 saturated carbocycles. The van der Waals surface area contributed by atoms with Gasteiger partial charge in [-0.25, -0.2) is 4.39 Å². The largest absolute Gasteiger partial charge is 1.00 e. The lowest BCUT2D eigenvalue weighted by atomic mass is 10.1. The highest BCUT2D eigenvalue weighted by atomic mass is 35.5. The summed E-state index contributed by atoms with van der Waals surface area (Å²) in [4.78, 5) is 0. The first kappa shape index (κ1) is 23.3. The summed E-state index contributed by atoms with van der Waals surface area (Å²) in [5.74, 6) is 1.41. The second kappa shape index (κ2) is 10.3. The van der Waals surface area contributed by atoms with Gasteiger partial charge in [0, 0.05) is 35.1 Å². The maximum Gasteiger partial charge on any atom is 0.308 e. The topological polar surface area (TPSA) is 56.5 Å². The van der Waals surface area contributed by atoms with E-state index in [9.17, 15) is 4.39 Å². The van der Waals surface area contributed by atoms with Gasteiger partial charge in [0.2, 0.25) is 5.69 Å². The maximum absolute atomic E-state index is 13.5. The summed E-state index contributed by atoms with van der Waals surface area (Å²) in [6, 6.07) is 19.5. The van der Waals surface area contributed by atoms with Gasteiger partial charge in [0.25, 0.3) is 5.13 Å². The Morgan fingerprint density at radius 2 is 1.47 bits per heavy atom. The molecular weight excluding hydrogens is 453 g/mol. The summed E-state index contributed by atoms with van der Waals surface area (Å²) in [5, 5.41) is 9.50. The second-order valence-electron chi connectivity index (χ2n) is 6.50. The Balaban J connectivity index is 0.00000289. The average Bonchev–Trinajstić information content (AvgIpc) is 3.22. The zero-order chi connectivity index (χ0) is 21.8. The molecular formula is C23H21ClFN3O3S. The Morgan fingerprint density at radius 1 is 0.844 bits per heavy atom. The SMILES string of the molecule is COc1cc(OC)c(-c2sc(Nc3ccccc3)n[n+]2-c2ccc(F)cc2)cc1OC.[Cl-]. The van der Waals surface area contributed by atoms with Crippen molar-refractivity contribution in [1.29, 1.82) is 0 Å². The number of methoxy groups -OCH3 is 3. The summed E-state index contributed by atoms with van der Waals surface area (Å²) in [7, 11) is 4.75. The number of ether oxygens (including phenoxy) is 3. The van der Waals surface area contributed by atoms with Gasteiger partial charge in [-0.1, -0.05) is 18.2 Å². The molecule has 166 valence electrons. The predicted molar refractivity (Wildman–Crippen MR) is 118 cm³/mol. The summed E-state index contributed by atoms with van der Waals surface area (Å²) in [6.07, 6.45) is 0. The number of aromatic nitrogens is 2. The minimum absolute atomic E-state index is 0. The average molecular weight is 474 g/mol. The van der Waals surface area contributed by atoms with Crippen LogP contribution in [0.15, 0.2) is 66.7 Å². The van der Waals surface area contributed by atoms with E-state index in [0.29, 0.717) is 28.1 Å². The number of benzene rings is 3. The number of hydrogen-bond acceptors (Lipinski definition) is 6. The highest BCUT2D eigenvalue weighted by Crippen LogP contribution is 2.41. The van der Waals surface area contributed by atoms with Crippen LogP contribution < -0.4 is 36.6 Å². The fraction of sp³-hybridized carbons (Fsp3) is 0.130. The molecule has 9 heteroatoms. The van der Waals surface area contributed by atoms with Crippen LogP contribution in [0.5, 0.6) is 17.2 Å². The molecule has 1 aromatic heterocycles. The number of anilines is 2. The molecule has 0 unspecified atom stereocenters.